The molecule has 96 valence electrons. The highest BCUT2D eigenvalue weighted by Gasteiger charge is 2.01. The van der Waals surface area contributed by atoms with Crippen molar-refractivity contribution in [3.05, 3.63) is 0 Å². The first-order chi connectivity index (χ1) is 7.49. The van der Waals surface area contributed by atoms with Crippen molar-refractivity contribution < 1.29 is 8.42 Å². The van der Waals surface area contributed by atoms with Gasteiger partial charge in [0.25, 0.3) is 0 Å². The number of nitrogens with zero attached hydrogens (tertiary/aromatic N) is 1. The van der Waals surface area contributed by atoms with E-state index in [9.17, 15) is 8.42 Å². The first kappa shape index (κ1) is 15.6. The summed E-state index contributed by atoms with van der Waals surface area (Å²) in [6, 6.07) is 0. The molecule has 0 aromatic rings. The molecule has 16 heavy (non-hydrogen) atoms. The first-order valence-corrected chi connectivity index (χ1v) is 8.56. The van der Waals surface area contributed by atoms with E-state index in [1.165, 1.54) is 6.26 Å². The number of thioether (sulfide) groups is 1. The maximum atomic E-state index is 10.9. The standard InChI is InChI=1S/C9H21N3O2S2/c1-10-9(12-6-7-15-2)11-5-4-8-16(3,13)14/h4-8H2,1-3H3,(H2,10,11,12). The molecule has 0 spiro atoms. The van der Waals surface area contributed by atoms with Crippen molar-refractivity contribution in [2.24, 2.45) is 4.99 Å². The normalized spacial score (nSPS) is 12.6. The predicted molar refractivity (Wildman–Crippen MR) is 72.1 cm³/mol. The fourth-order valence-corrected chi connectivity index (χ4v) is 2.01. The summed E-state index contributed by atoms with van der Waals surface area (Å²) in [5.74, 6) is 1.95. The van der Waals surface area contributed by atoms with Crippen LogP contribution in [-0.2, 0) is 9.84 Å². The van der Waals surface area contributed by atoms with Crippen molar-refractivity contribution in [2.75, 3.05) is 44.2 Å². The molecule has 0 aromatic heterocycles. The van der Waals surface area contributed by atoms with Crippen LogP contribution in [0.3, 0.4) is 0 Å². The molecule has 0 bridgehead atoms. The molecular formula is C9H21N3O2S2. The summed E-state index contributed by atoms with van der Waals surface area (Å²) < 4.78 is 21.8. The molecule has 0 radical (unpaired) electrons. The summed E-state index contributed by atoms with van der Waals surface area (Å²) in [5, 5.41) is 6.20. The molecule has 0 atom stereocenters. The van der Waals surface area contributed by atoms with Gasteiger partial charge in [0, 0.05) is 32.1 Å². The highest BCUT2D eigenvalue weighted by molar-refractivity contribution is 7.98. The fraction of sp³-hybridized carbons (Fsp3) is 0.889. The van der Waals surface area contributed by atoms with E-state index in [1.807, 2.05) is 6.26 Å². The van der Waals surface area contributed by atoms with Crippen LogP contribution in [0.5, 0.6) is 0 Å². The average molecular weight is 267 g/mol. The predicted octanol–water partition coefficient (Wildman–Crippen LogP) is -0.0509. The zero-order chi connectivity index (χ0) is 12.4. The van der Waals surface area contributed by atoms with Crippen LogP contribution < -0.4 is 10.6 Å². The molecule has 0 aliphatic heterocycles. The minimum Gasteiger partial charge on any atom is -0.356 e. The summed E-state index contributed by atoms with van der Waals surface area (Å²) in [6.07, 6.45) is 3.89. The van der Waals surface area contributed by atoms with E-state index in [0.717, 1.165) is 18.3 Å². The van der Waals surface area contributed by atoms with Crippen molar-refractivity contribution in [1.82, 2.24) is 10.6 Å². The molecule has 0 saturated heterocycles. The highest BCUT2D eigenvalue weighted by Crippen LogP contribution is 1.88. The molecule has 0 heterocycles. The average Bonchev–Trinajstić information content (AvgIpc) is 2.20. The van der Waals surface area contributed by atoms with Gasteiger partial charge in [-0.25, -0.2) is 8.42 Å². The molecule has 0 fully saturated rings. The van der Waals surface area contributed by atoms with Crippen LogP contribution in [0.4, 0.5) is 0 Å². The lowest BCUT2D eigenvalue weighted by molar-refractivity contribution is 0.598. The van der Waals surface area contributed by atoms with Crippen LogP contribution in [0.1, 0.15) is 6.42 Å². The smallest absolute Gasteiger partial charge is 0.191 e. The van der Waals surface area contributed by atoms with Crippen LogP contribution in [0.25, 0.3) is 0 Å². The van der Waals surface area contributed by atoms with Crippen molar-refractivity contribution in [1.29, 1.82) is 0 Å². The topological polar surface area (TPSA) is 70.6 Å². The summed E-state index contributed by atoms with van der Waals surface area (Å²) in [6.45, 7) is 1.47. The minimum absolute atomic E-state index is 0.210. The number of hydrogen-bond acceptors (Lipinski definition) is 4. The van der Waals surface area contributed by atoms with Gasteiger partial charge in [0.2, 0.25) is 0 Å². The zero-order valence-corrected chi connectivity index (χ0v) is 11.7. The molecule has 5 nitrogen and oxygen atoms in total. The lowest BCUT2D eigenvalue weighted by atomic mass is 10.5. The Hall–Kier alpha value is -0.430. The van der Waals surface area contributed by atoms with Gasteiger partial charge in [-0.3, -0.25) is 4.99 Å². The van der Waals surface area contributed by atoms with E-state index in [-0.39, 0.29) is 5.75 Å². The third-order valence-electron chi connectivity index (χ3n) is 1.81. The summed E-state index contributed by atoms with van der Waals surface area (Å²) in [4.78, 5) is 4.03. The van der Waals surface area contributed by atoms with Gasteiger partial charge in [-0.2, -0.15) is 11.8 Å². The second-order valence-electron chi connectivity index (χ2n) is 3.40. The molecule has 0 aliphatic carbocycles. The first-order valence-electron chi connectivity index (χ1n) is 5.11. The van der Waals surface area contributed by atoms with Crippen LogP contribution in [0.2, 0.25) is 0 Å². The Balaban J connectivity index is 3.64. The Kier molecular flexibility index (Phi) is 8.46. The van der Waals surface area contributed by atoms with Crippen molar-refractivity contribution in [3.8, 4) is 0 Å². The van der Waals surface area contributed by atoms with Crippen molar-refractivity contribution in [3.63, 3.8) is 0 Å². The van der Waals surface area contributed by atoms with Gasteiger partial charge in [-0.15, -0.1) is 0 Å². The molecule has 0 amide bonds. The maximum Gasteiger partial charge on any atom is 0.191 e. The third kappa shape index (κ3) is 10.1. The van der Waals surface area contributed by atoms with E-state index in [0.29, 0.717) is 13.0 Å². The third-order valence-corrected chi connectivity index (χ3v) is 3.45. The summed E-state index contributed by atoms with van der Waals surface area (Å²) >= 11 is 1.76. The van der Waals surface area contributed by atoms with Crippen LogP contribution in [-0.4, -0.2) is 58.5 Å². The molecule has 7 heteroatoms. The maximum absolute atomic E-state index is 10.9. The largest absolute Gasteiger partial charge is 0.356 e. The molecule has 0 saturated carbocycles. The lowest BCUT2D eigenvalue weighted by Crippen LogP contribution is -2.39. The van der Waals surface area contributed by atoms with E-state index in [2.05, 4.69) is 15.6 Å². The van der Waals surface area contributed by atoms with Crippen LogP contribution >= 0.6 is 11.8 Å². The number of sulfone groups is 1. The number of rotatable bonds is 7. The summed E-state index contributed by atoms with van der Waals surface area (Å²) in [5.41, 5.74) is 0. The second kappa shape index (κ2) is 8.69. The molecule has 0 aliphatic rings. The Morgan fingerprint density at radius 1 is 1.31 bits per heavy atom. The van der Waals surface area contributed by atoms with E-state index < -0.39 is 9.84 Å². The fourth-order valence-electron chi connectivity index (χ4n) is 1.03. The van der Waals surface area contributed by atoms with Gasteiger partial charge < -0.3 is 10.6 Å². The number of hydrogen-bond donors (Lipinski definition) is 2. The Bertz CT molecular complexity index is 302. The molecular weight excluding hydrogens is 246 g/mol. The lowest BCUT2D eigenvalue weighted by Gasteiger charge is -2.10. The van der Waals surface area contributed by atoms with Crippen LogP contribution in [0.15, 0.2) is 4.99 Å². The van der Waals surface area contributed by atoms with Gasteiger partial charge in [-0.05, 0) is 12.7 Å². The van der Waals surface area contributed by atoms with Gasteiger partial charge >= 0.3 is 0 Å². The molecule has 0 unspecified atom stereocenters. The second-order valence-corrected chi connectivity index (χ2v) is 6.65. The summed E-state index contributed by atoms with van der Waals surface area (Å²) in [7, 11) is -1.15. The number of aliphatic imine (C=N–C) groups is 1. The Morgan fingerprint density at radius 2 is 1.94 bits per heavy atom. The Morgan fingerprint density at radius 3 is 2.44 bits per heavy atom. The molecule has 0 aromatic carbocycles. The van der Waals surface area contributed by atoms with E-state index in [4.69, 9.17) is 0 Å². The van der Waals surface area contributed by atoms with Crippen molar-refractivity contribution in [2.45, 2.75) is 6.42 Å². The minimum atomic E-state index is -2.85. The van der Waals surface area contributed by atoms with Gasteiger partial charge in [0.1, 0.15) is 9.84 Å². The van der Waals surface area contributed by atoms with Gasteiger partial charge in [0.15, 0.2) is 5.96 Å². The SMILES string of the molecule is CN=C(NCCCS(C)(=O)=O)NCCSC. The van der Waals surface area contributed by atoms with Crippen molar-refractivity contribution >= 4 is 27.6 Å². The van der Waals surface area contributed by atoms with E-state index >= 15 is 0 Å². The van der Waals surface area contributed by atoms with Gasteiger partial charge in [-0.1, -0.05) is 0 Å². The number of nitrogens with one attached hydrogen (secondary N) is 2. The zero-order valence-electron chi connectivity index (χ0n) is 10.1. The monoisotopic (exact) mass is 267 g/mol. The van der Waals surface area contributed by atoms with E-state index in [1.54, 1.807) is 18.8 Å². The highest BCUT2D eigenvalue weighted by atomic mass is 32.2. The number of guanidine groups is 1. The molecule has 2 N–H and O–H groups in total. The molecule has 0 rings (SSSR count). The van der Waals surface area contributed by atoms with Gasteiger partial charge in [0.05, 0.1) is 5.75 Å². The van der Waals surface area contributed by atoms with Crippen LogP contribution in [0, 0.1) is 0 Å². The quantitative estimate of drug-likeness (QED) is 0.384. The Labute approximate surface area is 102 Å².